The number of halogens is 1. The van der Waals surface area contributed by atoms with Crippen LogP contribution in [0.5, 0.6) is 0 Å². The summed E-state index contributed by atoms with van der Waals surface area (Å²) in [6.07, 6.45) is 7.20. The first kappa shape index (κ1) is 21.5. The first-order valence-corrected chi connectivity index (χ1v) is 10.3. The van der Waals surface area contributed by atoms with Crippen LogP contribution < -0.4 is 10.6 Å². The van der Waals surface area contributed by atoms with Gasteiger partial charge in [0.25, 0.3) is 0 Å². The van der Waals surface area contributed by atoms with Crippen LogP contribution in [0.15, 0.2) is 28.7 Å². The van der Waals surface area contributed by atoms with Gasteiger partial charge in [0.05, 0.1) is 6.61 Å². The predicted octanol–water partition coefficient (Wildman–Crippen LogP) is 4.29. The molecule has 1 aliphatic carbocycles. The van der Waals surface area contributed by atoms with E-state index in [0.717, 1.165) is 24.0 Å². The maximum absolute atomic E-state index is 12.4. The number of amides is 1. The Kier molecular flexibility index (Phi) is 6.73. The highest BCUT2D eigenvalue weighted by atomic mass is 35.5. The molecule has 2 atom stereocenters. The molecule has 4 rings (SSSR count). The van der Waals surface area contributed by atoms with E-state index in [9.17, 15) is 9.59 Å². The zero-order valence-electron chi connectivity index (χ0n) is 16.8. The van der Waals surface area contributed by atoms with Gasteiger partial charge in [-0.1, -0.05) is 32.1 Å². The smallest absolute Gasteiger partial charge is 0.374 e. The third-order valence-electron chi connectivity index (χ3n) is 6.30. The van der Waals surface area contributed by atoms with Gasteiger partial charge in [-0.2, -0.15) is 0 Å². The van der Waals surface area contributed by atoms with Crippen molar-refractivity contribution in [3.05, 3.63) is 30.0 Å². The summed E-state index contributed by atoms with van der Waals surface area (Å²) in [6, 6.07) is 7.20. The van der Waals surface area contributed by atoms with Crippen molar-refractivity contribution in [1.29, 1.82) is 0 Å². The summed E-state index contributed by atoms with van der Waals surface area (Å²) in [5, 5.41) is 0.824. The molecule has 2 fully saturated rings. The average Bonchev–Trinajstić information content (AvgIpc) is 3.32. The monoisotopic (exact) mass is 420 g/mol. The number of carbonyl (C=O) groups excluding carboxylic acids is 2. The fourth-order valence-corrected chi connectivity index (χ4v) is 5.04. The first-order valence-electron chi connectivity index (χ1n) is 10.3. The van der Waals surface area contributed by atoms with Crippen molar-refractivity contribution >= 4 is 40.9 Å². The average molecular weight is 421 g/mol. The standard InChI is InChI=1S/C22H28N2O4.ClH/c1-2-27-22(26)19-13-15-12-16(8-9-18(15)28-19)24-11-10-17(20(24)21(23)25)14-6-4-3-5-7-14;/h8-9,12-14,17,20H,2-7,10-11H2,1H3,(H2,23,25);1H/t17-,20-;/m0./s1. The van der Waals surface area contributed by atoms with Crippen molar-refractivity contribution < 1.29 is 18.7 Å². The zero-order valence-corrected chi connectivity index (χ0v) is 17.6. The Morgan fingerprint density at radius 1 is 1.17 bits per heavy atom. The number of nitrogens with zero attached hydrogens (tertiary/aromatic N) is 1. The molecule has 1 saturated carbocycles. The molecule has 0 bridgehead atoms. The van der Waals surface area contributed by atoms with E-state index in [1.165, 1.54) is 32.1 Å². The molecule has 0 radical (unpaired) electrons. The van der Waals surface area contributed by atoms with E-state index in [1.54, 1.807) is 13.0 Å². The lowest BCUT2D eigenvalue weighted by molar-refractivity contribution is -0.120. The number of carbonyl (C=O) groups is 2. The second-order valence-corrected chi connectivity index (χ2v) is 7.94. The van der Waals surface area contributed by atoms with Crippen molar-refractivity contribution in [2.24, 2.45) is 17.6 Å². The summed E-state index contributed by atoms with van der Waals surface area (Å²) in [7, 11) is 0. The van der Waals surface area contributed by atoms with Crippen LogP contribution >= 0.6 is 12.4 Å². The number of benzene rings is 1. The minimum Gasteiger partial charge on any atom is -0.460 e. The number of anilines is 1. The second kappa shape index (κ2) is 9.08. The van der Waals surface area contributed by atoms with Crippen LogP contribution in [0.1, 0.15) is 56.0 Å². The maximum Gasteiger partial charge on any atom is 0.374 e. The molecular weight excluding hydrogens is 392 g/mol. The van der Waals surface area contributed by atoms with E-state index in [0.29, 0.717) is 24.0 Å². The molecule has 158 valence electrons. The first-order chi connectivity index (χ1) is 13.6. The van der Waals surface area contributed by atoms with E-state index in [1.807, 2.05) is 18.2 Å². The van der Waals surface area contributed by atoms with Crippen LogP contribution in [0.4, 0.5) is 5.69 Å². The lowest BCUT2D eigenvalue weighted by atomic mass is 9.76. The topological polar surface area (TPSA) is 85.8 Å². The van der Waals surface area contributed by atoms with Crippen LogP contribution in [0.2, 0.25) is 0 Å². The number of fused-ring (bicyclic) bond motifs is 1. The summed E-state index contributed by atoms with van der Waals surface area (Å²) in [5.41, 5.74) is 7.43. The fraction of sp³-hybridized carbons (Fsp3) is 0.545. The van der Waals surface area contributed by atoms with Gasteiger partial charge in [0.15, 0.2) is 0 Å². The molecule has 2 heterocycles. The van der Waals surface area contributed by atoms with Crippen LogP contribution in [-0.4, -0.2) is 31.1 Å². The molecule has 2 aromatic rings. The molecule has 0 spiro atoms. The highest BCUT2D eigenvalue weighted by Crippen LogP contribution is 2.41. The van der Waals surface area contributed by atoms with Crippen LogP contribution in [0, 0.1) is 11.8 Å². The highest BCUT2D eigenvalue weighted by Gasteiger charge is 2.42. The Bertz CT molecular complexity index is 875. The summed E-state index contributed by atoms with van der Waals surface area (Å²) < 4.78 is 10.6. The zero-order chi connectivity index (χ0) is 19.7. The molecule has 1 amide bonds. The number of primary amides is 1. The number of hydrogen-bond donors (Lipinski definition) is 1. The molecule has 2 N–H and O–H groups in total. The third kappa shape index (κ3) is 4.22. The Morgan fingerprint density at radius 3 is 2.62 bits per heavy atom. The molecule has 1 aliphatic heterocycles. The largest absolute Gasteiger partial charge is 0.460 e. The van der Waals surface area contributed by atoms with Crippen molar-refractivity contribution in [2.45, 2.75) is 51.5 Å². The number of nitrogens with two attached hydrogens (primary N) is 1. The Labute approximate surface area is 177 Å². The van der Waals surface area contributed by atoms with E-state index in [2.05, 4.69) is 4.90 Å². The van der Waals surface area contributed by atoms with Crippen molar-refractivity contribution in [1.82, 2.24) is 0 Å². The highest BCUT2D eigenvalue weighted by molar-refractivity contribution is 5.94. The number of furan rings is 1. The third-order valence-corrected chi connectivity index (χ3v) is 6.30. The fourth-order valence-electron chi connectivity index (χ4n) is 5.04. The van der Waals surface area contributed by atoms with Gasteiger partial charge in [0.1, 0.15) is 11.6 Å². The van der Waals surface area contributed by atoms with E-state index in [-0.39, 0.29) is 30.1 Å². The van der Waals surface area contributed by atoms with Gasteiger partial charge in [-0.15, -0.1) is 12.4 Å². The second-order valence-electron chi connectivity index (χ2n) is 7.94. The number of esters is 1. The quantitative estimate of drug-likeness (QED) is 0.729. The Morgan fingerprint density at radius 2 is 1.93 bits per heavy atom. The van der Waals surface area contributed by atoms with Gasteiger partial charge in [-0.05, 0) is 49.4 Å². The number of rotatable bonds is 5. The van der Waals surface area contributed by atoms with Gasteiger partial charge in [-0.25, -0.2) is 4.79 Å². The van der Waals surface area contributed by atoms with Crippen molar-refractivity contribution in [2.75, 3.05) is 18.1 Å². The van der Waals surface area contributed by atoms with Gasteiger partial charge in [0, 0.05) is 17.6 Å². The minimum atomic E-state index is -0.464. The van der Waals surface area contributed by atoms with E-state index in [4.69, 9.17) is 14.9 Å². The number of ether oxygens (including phenoxy) is 1. The van der Waals surface area contributed by atoms with Gasteiger partial charge in [0.2, 0.25) is 11.7 Å². The molecular formula is C22H29ClN2O4. The summed E-state index contributed by atoms with van der Waals surface area (Å²) >= 11 is 0. The Hall–Kier alpha value is -2.21. The molecule has 7 heteroatoms. The van der Waals surface area contributed by atoms with Crippen molar-refractivity contribution in [3.8, 4) is 0 Å². The van der Waals surface area contributed by atoms with Crippen molar-refractivity contribution in [3.63, 3.8) is 0 Å². The molecule has 2 aliphatic rings. The Balaban J connectivity index is 0.00000240. The lowest BCUT2D eigenvalue weighted by Crippen LogP contribution is -2.45. The number of hydrogen-bond acceptors (Lipinski definition) is 5. The maximum atomic E-state index is 12.4. The molecule has 6 nitrogen and oxygen atoms in total. The van der Waals surface area contributed by atoms with E-state index >= 15 is 0 Å². The molecule has 1 saturated heterocycles. The summed E-state index contributed by atoms with van der Waals surface area (Å²) in [4.78, 5) is 26.4. The normalized spacial score (nSPS) is 22.4. The lowest BCUT2D eigenvalue weighted by Gasteiger charge is -2.33. The molecule has 29 heavy (non-hydrogen) atoms. The predicted molar refractivity (Wildman–Crippen MR) is 114 cm³/mol. The van der Waals surface area contributed by atoms with E-state index < -0.39 is 5.97 Å². The van der Waals surface area contributed by atoms with Crippen LogP contribution in [0.25, 0.3) is 11.0 Å². The van der Waals surface area contributed by atoms with Gasteiger partial charge >= 0.3 is 5.97 Å². The summed E-state index contributed by atoms with van der Waals surface area (Å²) in [5.74, 6) is 0.403. The summed E-state index contributed by atoms with van der Waals surface area (Å²) in [6.45, 7) is 2.89. The van der Waals surface area contributed by atoms with Gasteiger partial charge in [-0.3, -0.25) is 4.79 Å². The van der Waals surface area contributed by atoms with Gasteiger partial charge < -0.3 is 19.8 Å². The molecule has 0 unspecified atom stereocenters. The molecule has 1 aromatic heterocycles. The molecule has 1 aromatic carbocycles. The SMILES string of the molecule is CCOC(=O)c1cc2cc(N3CC[C@@H](C4CCCCC4)[C@H]3C(N)=O)ccc2o1.Cl. The minimum absolute atomic E-state index is 0. The van der Waals surface area contributed by atoms with Crippen LogP contribution in [-0.2, 0) is 9.53 Å². The van der Waals surface area contributed by atoms with Crippen LogP contribution in [0.3, 0.4) is 0 Å².